The minimum Gasteiger partial charge on any atom is -0.353 e. The first-order valence-corrected chi connectivity index (χ1v) is 7.47. The average Bonchev–Trinajstić information content (AvgIpc) is 2.74. The van der Waals surface area contributed by atoms with Gasteiger partial charge in [0.15, 0.2) is 0 Å². The van der Waals surface area contributed by atoms with Crippen LogP contribution < -0.4 is 5.32 Å². The molecular formula is C13H21N3S. The van der Waals surface area contributed by atoms with Gasteiger partial charge in [0.1, 0.15) is 0 Å². The SMILES string of the molecule is CSC1(CNc2nc(C)cc(C)n2)CCCC1. The maximum Gasteiger partial charge on any atom is 0.223 e. The number of hydrogen-bond acceptors (Lipinski definition) is 4. The zero-order chi connectivity index (χ0) is 12.3. The summed E-state index contributed by atoms with van der Waals surface area (Å²) < 4.78 is 0.404. The fourth-order valence-corrected chi connectivity index (χ4v) is 3.43. The lowest BCUT2D eigenvalue weighted by Crippen LogP contribution is -2.30. The Kier molecular flexibility index (Phi) is 3.92. The molecule has 0 aromatic carbocycles. The van der Waals surface area contributed by atoms with E-state index in [0.29, 0.717) is 4.75 Å². The molecule has 0 aliphatic heterocycles. The summed E-state index contributed by atoms with van der Waals surface area (Å²) >= 11 is 1.99. The number of thioether (sulfide) groups is 1. The Balaban J connectivity index is 2.01. The summed E-state index contributed by atoms with van der Waals surface area (Å²) in [6, 6.07) is 2.01. The number of nitrogens with zero attached hydrogens (tertiary/aromatic N) is 2. The second-order valence-electron chi connectivity index (χ2n) is 4.92. The quantitative estimate of drug-likeness (QED) is 0.892. The van der Waals surface area contributed by atoms with Crippen molar-refractivity contribution in [2.24, 2.45) is 0 Å². The van der Waals surface area contributed by atoms with Gasteiger partial charge in [-0.05, 0) is 39.0 Å². The molecular weight excluding hydrogens is 230 g/mol. The monoisotopic (exact) mass is 251 g/mol. The lowest BCUT2D eigenvalue weighted by molar-refractivity contribution is 0.636. The minimum atomic E-state index is 0.404. The van der Waals surface area contributed by atoms with Crippen LogP contribution in [-0.2, 0) is 0 Å². The number of anilines is 1. The van der Waals surface area contributed by atoms with Gasteiger partial charge < -0.3 is 5.32 Å². The molecule has 1 aliphatic carbocycles. The van der Waals surface area contributed by atoms with E-state index in [9.17, 15) is 0 Å². The van der Waals surface area contributed by atoms with E-state index in [1.807, 2.05) is 31.7 Å². The van der Waals surface area contributed by atoms with E-state index in [-0.39, 0.29) is 0 Å². The van der Waals surface area contributed by atoms with Crippen LogP contribution in [0.4, 0.5) is 5.95 Å². The Bertz CT molecular complexity index is 366. The zero-order valence-corrected chi connectivity index (χ0v) is 11.7. The predicted octanol–water partition coefficient (Wildman–Crippen LogP) is 3.18. The fourth-order valence-electron chi connectivity index (χ4n) is 2.52. The Morgan fingerprint density at radius 1 is 1.24 bits per heavy atom. The Hall–Kier alpha value is -0.770. The number of hydrogen-bond donors (Lipinski definition) is 1. The van der Waals surface area contributed by atoms with E-state index in [1.165, 1.54) is 25.7 Å². The van der Waals surface area contributed by atoms with E-state index in [0.717, 1.165) is 23.9 Å². The van der Waals surface area contributed by atoms with Gasteiger partial charge in [0.05, 0.1) is 0 Å². The van der Waals surface area contributed by atoms with Gasteiger partial charge in [0.2, 0.25) is 5.95 Å². The largest absolute Gasteiger partial charge is 0.353 e. The molecule has 1 aromatic heterocycles. The molecule has 0 amide bonds. The molecule has 0 bridgehead atoms. The van der Waals surface area contributed by atoms with Crippen molar-refractivity contribution >= 4 is 17.7 Å². The van der Waals surface area contributed by atoms with Gasteiger partial charge in [-0.1, -0.05) is 12.8 Å². The molecule has 1 fully saturated rings. The van der Waals surface area contributed by atoms with E-state index in [4.69, 9.17) is 0 Å². The van der Waals surface area contributed by atoms with Gasteiger partial charge >= 0.3 is 0 Å². The third kappa shape index (κ3) is 3.12. The van der Waals surface area contributed by atoms with Crippen LogP contribution >= 0.6 is 11.8 Å². The summed E-state index contributed by atoms with van der Waals surface area (Å²) in [6.45, 7) is 5.01. The summed E-state index contributed by atoms with van der Waals surface area (Å²) in [6.07, 6.45) is 7.56. The molecule has 1 N–H and O–H groups in total. The molecule has 0 radical (unpaired) electrons. The highest BCUT2D eigenvalue weighted by atomic mass is 32.2. The molecule has 4 heteroatoms. The lowest BCUT2D eigenvalue weighted by atomic mass is 10.1. The molecule has 0 atom stereocenters. The smallest absolute Gasteiger partial charge is 0.223 e. The van der Waals surface area contributed by atoms with E-state index in [2.05, 4.69) is 21.5 Å². The maximum atomic E-state index is 4.43. The van der Waals surface area contributed by atoms with Crippen LogP contribution in [0.25, 0.3) is 0 Å². The van der Waals surface area contributed by atoms with E-state index < -0.39 is 0 Å². The van der Waals surface area contributed by atoms with Gasteiger partial charge in [-0.3, -0.25) is 0 Å². The van der Waals surface area contributed by atoms with Crippen LogP contribution in [-0.4, -0.2) is 27.5 Å². The second kappa shape index (κ2) is 5.25. The van der Waals surface area contributed by atoms with Gasteiger partial charge in [0, 0.05) is 22.7 Å². The Morgan fingerprint density at radius 3 is 2.35 bits per heavy atom. The molecule has 3 nitrogen and oxygen atoms in total. The molecule has 1 heterocycles. The van der Waals surface area contributed by atoms with Crippen LogP contribution in [0.5, 0.6) is 0 Å². The van der Waals surface area contributed by atoms with Crippen molar-refractivity contribution in [1.82, 2.24) is 9.97 Å². The lowest BCUT2D eigenvalue weighted by Gasteiger charge is -2.26. The van der Waals surface area contributed by atoms with Gasteiger partial charge in [-0.25, -0.2) is 9.97 Å². The second-order valence-corrected chi connectivity index (χ2v) is 6.20. The minimum absolute atomic E-state index is 0.404. The first-order valence-electron chi connectivity index (χ1n) is 6.25. The van der Waals surface area contributed by atoms with Crippen LogP contribution in [0.1, 0.15) is 37.1 Å². The maximum absolute atomic E-state index is 4.43. The summed E-state index contributed by atoms with van der Waals surface area (Å²) in [5.41, 5.74) is 2.06. The fraction of sp³-hybridized carbons (Fsp3) is 0.692. The molecule has 0 unspecified atom stereocenters. The van der Waals surface area contributed by atoms with E-state index in [1.54, 1.807) is 0 Å². The number of rotatable bonds is 4. The third-order valence-corrected chi connectivity index (χ3v) is 4.92. The van der Waals surface area contributed by atoms with E-state index >= 15 is 0 Å². The van der Waals surface area contributed by atoms with Crippen molar-refractivity contribution < 1.29 is 0 Å². The van der Waals surface area contributed by atoms with Crippen molar-refractivity contribution in [3.8, 4) is 0 Å². The standard InChI is InChI=1S/C13H21N3S/c1-10-8-11(2)16-12(15-10)14-9-13(17-3)6-4-5-7-13/h8H,4-7,9H2,1-3H3,(H,14,15,16). The summed E-state index contributed by atoms with van der Waals surface area (Å²) in [5, 5.41) is 3.42. The highest BCUT2D eigenvalue weighted by Gasteiger charge is 2.32. The summed E-state index contributed by atoms with van der Waals surface area (Å²) in [4.78, 5) is 8.86. The van der Waals surface area contributed by atoms with Gasteiger partial charge in [-0.2, -0.15) is 11.8 Å². The van der Waals surface area contributed by atoms with Crippen LogP contribution in [0.3, 0.4) is 0 Å². The summed E-state index contributed by atoms with van der Waals surface area (Å²) in [5.74, 6) is 0.780. The normalized spacial score (nSPS) is 18.3. The Labute approximate surface area is 108 Å². The van der Waals surface area contributed by atoms with Crippen molar-refractivity contribution in [3.63, 3.8) is 0 Å². The predicted molar refractivity (Wildman–Crippen MR) is 74.7 cm³/mol. The average molecular weight is 251 g/mol. The molecule has 0 saturated heterocycles. The molecule has 94 valence electrons. The van der Waals surface area contributed by atoms with Crippen molar-refractivity contribution in [3.05, 3.63) is 17.5 Å². The highest BCUT2D eigenvalue weighted by molar-refractivity contribution is 8.00. The van der Waals surface area contributed by atoms with Gasteiger partial charge in [-0.15, -0.1) is 0 Å². The van der Waals surface area contributed by atoms with Crippen LogP contribution in [0.2, 0.25) is 0 Å². The van der Waals surface area contributed by atoms with Crippen LogP contribution in [0, 0.1) is 13.8 Å². The first-order chi connectivity index (χ1) is 8.13. The Morgan fingerprint density at radius 2 is 1.82 bits per heavy atom. The molecule has 0 spiro atoms. The number of aryl methyl sites for hydroxylation is 2. The van der Waals surface area contributed by atoms with Crippen LogP contribution in [0.15, 0.2) is 6.07 Å². The summed E-state index contributed by atoms with van der Waals surface area (Å²) in [7, 11) is 0. The zero-order valence-electron chi connectivity index (χ0n) is 10.9. The number of nitrogens with one attached hydrogen (secondary N) is 1. The molecule has 1 saturated carbocycles. The molecule has 17 heavy (non-hydrogen) atoms. The topological polar surface area (TPSA) is 37.8 Å². The molecule has 1 aromatic rings. The van der Waals surface area contributed by atoms with Gasteiger partial charge in [0.25, 0.3) is 0 Å². The highest BCUT2D eigenvalue weighted by Crippen LogP contribution is 2.40. The third-order valence-electron chi connectivity index (χ3n) is 3.50. The van der Waals surface area contributed by atoms with Crippen molar-refractivity contribution in [2.75, 3.05) is 18.1 Å². The first kappa shape index (κ1) is 12.7. The number of aromatic nitrogens is 2. The molecule has 2 rings (SSSR count). The van der Waals surface area contributed by atoms with Crippen molar-refractivity contribution in [1.29, 1.82) is 0 Å². The van der Waals surface area contributed by atoms with Crippen molar-refractivity contribution in [2.45, 2.75) is 44.3 Å². The molecule has 1 aliphatic rings.